The van der Waals surface area contributed by atoms with Crippen molar-refractivity contribution in [1.29, 1.82) is 0 Å². The molecule has 24 heavy (non-hydrogen) atoms. The molecule has 0 bridgehead atoms. The molecular formula is C18H24BrN3O2. The van der Waals surface area contributed by atoms with Gasteiger partial charge in [-0.25, -0.2) is 0 Å². The van der Waals surface area contributed by atoms with Gasteiger partial charge in [0.1, 0.15) is 0 Å². The van der Waals surface area contributed by atoms with E-state index in [0.29, 0.717) is 19.0 Å². The summed E-state index contributed by atoms with van der Waals surface area (Å²) in [6.07, 6.45) is 5.01. The average molecular weight is 394 g/mol. The molecular weight excluding hydrogens is 370 g/mol. The van der Waals surface area contributed by atoms with Gasteiger partial charge < -0.3 is 10.2 Å². The van der Waals surface area contributed by atoms with E-state index in [4.69, 9.17) is 0 Å². The minimum atomic E-state index is 0.0111. The molecule has 130 valence electrons. The molecule has 0 aromatic heterocycles. The summed E-state index contributed by atoms with van der Waals surface area (Å²) < 4.78 is 0.992. The van der Waals surface area contributed by atoms with Gasteiger partial charge in [0, 0.05) is 35.7 Å². The van der Waals surface area contributed by atoms with Crippen LogP contribution in [0, 0.1) is 0 Å². The smallest absolute Gasteiger partial charge is 0.238 e. The highest BCUT2D eigenvalue weighted by atomic mass is 79.9. The first kappa shape index (κ1) is 17.4. The fourth-order valence-electron chi connectivity index (χ4n) is 3.54. The molecule has 2 heterocycles. The lowest BCUT2D eigenvalue weighted by molar-refractivity contribution is -0.128. The Bertz CT molecular complexity index is 590. The van der Waals surface area contributed by atoms with Gasteiger partial charge in [-0.3, -0.25) is 14.5 Å². The van der Waals surface area contributed by atoms with Crippen molar-refractivity contribution in [3.05, 3.63) is 28.7 Å². The van der Waals surface area contributed by atoms with Crippen molar-refractivity contribution in [1.82, 2.24) is 9.80 Å². The molecule has 2 fully saturated rings. The SMILES string of the molecule is O=C(CN1CCCCC1CN1CCCC1=O)Nc1ccc(Br)cc1. The van der Waals surface area contributed by atoms with Gasteiger partial charge in [0.05, 0.1) is 6.54 Å². The van der Waals surface area contributed by atoms with Gasteiger partial charge in [0.15, 0.2) is 0 Å². The van der Waals surface area contributed by atoms with Crippen LogP contribution in [0.5, 0.6) is 0 Å². The number of anilines is 1. The maximum absolute atomic E-state index is 12.4. The van der Waals surface area contributed by atoms with Gasteiger partial charge in [0.2, 0.25) is 11.8 Å². The molecule has 2 saturated heterocycles. The number of halogens is 1. The number of nitrogens with one attached hydrogen (secondary N) is 1. The molecule has 2 aliphatic rings. The summed E-state index contributed by atoms with van der Waals surface area (Å²) in [6, 6.07) is 7.91. The van der Waals surface area contributed by atoms with E-state index >= 15 is 0 Å². The zero-order chi connectivity index (χ0) is 16.9. The first-order chi connectivity index (χ1) is 11.6. The quantitative estimate of drug-likeness (QED) is 0.836. The van der Waals surface area contributed by atoms with E-state index in [0.717, 1.165) is 49.1 Å². The molecule has 2 aliphatic heterocycles. The second kappa shape index (κ2) is 8.12. The lowest BCUT2D eigenvalue weighted by Crippen LogP contribution is -2.49. The fourth-order valence-corrected chi connectivity index (χ4v) is 3.81. The van der Waals surface area contributed by atoms with Crippen molar-refractivity contribution in [3.63, 3.8) is 0 Å². The zero-order valence-electron chi connectivity index (χ0n) is 13.8. The highest BCUT2D eigenvalue weighted by Gasteiger charge is 2.29. The molecule has 0 radical (unpaired) electrons. The predicted molar refractivity (Wildman–Crippen MR) is 97.8 cm³/mol. The number of hydrogen-bond acceptors (Lipinski definition) is 3. The monoisotopic (exact) mass is 393 g/mol. The number of piperidine rings is 1. The summed E-state index contributed by atoms with van der Waals surface area (Å²) in [5.74, 6) is 0.275. The number of carbonyl (C=O) groups excluding carboxylic acids is 2. The number of benzene rings is 1. The van der Waals surface area contributed by atoms with E-state index in [1.165, 1.54) is 6.42 Å². The molecule has 2 amide bonds. The molecule has 1 aromatic carbocycles. The molecule has 1 N–H and O–H groups in total. The van der Waals surface area contributed by atoms with Crippen LogP contribution < -0.4 is 5.32 Å². The summed E-state index contributed by atoms with van der Waals surface area (Å²) in [6.45, 7) is 2.96. The molecule has 1 atom stereocenters. The molecule has 3 rings (SSSR count). The summed E-state index contributed by atoms with van der Waals surface area (Å²) in [4.78, 5) is 28.4. The van der Waals surface area contributed by atoms with Crippen LogP contribution in [-0.2, 0) is 9.59 Å². The van der Waals surface area contributed by atoms with Gasteiger partial charge >= 0.3 is 0 Å². The minimum Gasteiger partial charge on any atom is -0.341 e. The van der Waals surface area contributed by atoms with Crippen molar-refractivity contribution in [2.24, 2.45) is 0 Å². The summed E-state index contributed by atoms with van der Waals surface area (Å²) in [5.41, 5.74) is 0.812. The highest BCUT2D eigenvalue weighted by Crippen LogP contribution is 2.21. The first-order valence-electron chi connectivity index (χ1n) is 8.69. The Morgan fingerprint density at radius 3 is 2.67 bits per heavy atom. The zero-order valence-corrected chi connectivity index (χ0v) is 15.4. The van der Waals surface area contributed by atoms with Crippen molar-refractivity contribution in [2.75, 3.05) is 31.5 Å². The Hall–Kier alpha value is -1.40. The maximum Gasteiger partial charge on any atom is 0.238 e. The second-order valence-corrected chi connectivity index (χ2v) is 7.53. The third kappa shape index (κ3) is 4.57. The Morgan fingerprint density at radius 1 is 1.17 bits per heavy atom. The molecule has 0 aliphatic carbocycles. The normalized spacial score (nSPS) is 22.0. The minimum absolute atomic E-state index is 0.0111. The van der Waals surface area contributed by atoms with Gasteiger partial charge in [-0.2, -0.15) is 0 Å². The lowest BCUT2D eigenvalue weighted by atomic mass is 10.0. The topological polar surface area (TPSA) is 52.7 Å². The van der Waals surface area contributed by atoms with Crippen molar-refractivity contribution in [2.45, 2.75) is 38.1 Å². The van der Waals surface area contributed by atoms with E-state index in [1.807, 2.05) is 29.2 Å². The molecule has 6 heteroatoms. The fraction of sp³-hybridized carbons (Fsp3) is 0.556. The largest absolute Gasteiger partial charge is 0.341 e. The highest BCUT2D eigenvalue weighted by molar-refractivity contribution is 9.10. The van der Waals surface area contributed by atoms with Crippen molar-refractivity contribution in [3.8, 4) is 0 Å². The van der Waals surface area contributed by atoms with Crippen LogP contribution in [0.15, 0.2) is 28.7 Å². The van der Waals surface area contributed by atoms with Crippen molar-refractivity contribution < 1.29 is 9.59 Å². The van der Waals surface area contributed by atoms with Gasteiger partial charge in [-0.05, 0) is 50.1 Å². The number of likely N-dealkylation sites (tertiary alicyclic amines) is 2. The third-order valence-electron chi connectivity index (χ3n) is 4.83. The van der Waals surface area contributed by atoms with E-state index < -0.39 is 0 Å². The Balaban J connectivity index is 1.55. The lowest BCUT2D eigenvalue weighted by Gasteiger charge is -2.37. The summed E-state index contributed by atoms with van der Waals surface area (Å²) in [7, 11) is 0. The molecule has 0 saturated carbocycles. The maximum atomic E-state index is 12.4. The van der Waals surface area contributed by atoms with E-state index in [9.17, 15) is 9.59 Å². The van der Waals surface area contributed by atoms with Crippen LogP contribution >= 0.6 is 15.9 Å². The average Bonchev–Trinajstić information content (AvgIpc) is 2.96. The molecule has 0 spiro atoms. The van der Waals surface area contributed by atoms with E-state index in [2.05, 4.69) is 26.1 Å². The second-order valence-electron chi connectivity index (χ2n) is 6.62. The molecule has 1 aromatic rings. The van der Waals surface area contributed by atoms with E-state index in [1.54, 1.807) is 0 Å². The van der Waals surface area contributed by atoms with Crippen LogP contribution in [0.25, 0.3) is 0 Å². The number of carbonyl (C=O) groups is 2. The number of rotatable bonds is 5. The molecule has 1 unspecified atom stereocenters. The Morgan fingerprint density at radius 2 is 1.96 bits per heavy atom. The van der Waals surface area contributed by atoms with Crippen LogP contribution in [0.1, 0.15) is 32.1 Å². The third-order valence-corrected chi connectivity index (χ3v) is 5.35. The van der Waals surface area contributed by atoms with E-state index in [-0.39, 0.29) is 11.8 Å². The standard InChI is InChI=1S/C18H24BrN3O2/c19-14-6-8-15(9-7-14)20-17(23)13-21-10-2-1-4-16(21)12-22-11-3-5-18(22)24/h6-9,16H,1-5,10-13H2,(H,20,23). The van der Waals surface area contributed by atoms with Crippen LogP contribution in [0.2, 0.25) is 0 Å². The van der Waals surface area contributed by atoms with Crippen molar-refractivity contribution >= 4 is 33.4 Å². The number of hydrogen-bond donors (Lipinski definition) is 1. The predicted octanol–water partition coefficient (Wildman–Crippen LogP) is 2.86. The van der Waals surface area contributed by atoms with Crippen LogP contribution in [0.4, 0.5) is 5.69 Å². The number of amides is 2. The Kier molecular flexibility index (Phi) is 5.89. The van der Waals surface area contributed by atoms with Gasteiger partial charge in [-0.15, -0.1) is 0 Å². The van der Waals surface area contributed by atoms with Gasteiger partial charge in [-0.1, -0.05) is 22.4 Å². The van der Waals surface area contributed by atoms with Crippen LogP contribution in [0.3, 0.4) is 0 Å². The molecule has 5 nitrogen and oxygen atoms in total. The summed E-state index contributed by atoms with van der Waals surface area (Å²) in [5, 5.41) is 2.96. The van der Waals surface area contributed by atoms with Gasteiger partial charge in [0.25, 0.3) is 0 Å². The summed E-state index contributed by atoms with van der Waals surface area (Å²) >= 11 is 3.39. The number of nitrogens with zero attached hydrogens (tertiary/aromatic N) is 2. The first-order valence-corrected chi connectivity index (χ1v) is 9.48. The van der Waals surface area contributed by atoms with Crippen LogP contribution in [-0.4, -0.2) is 53.8 Å². The Labute approximate surface area is 151 Å².